The highest BCUT2D eigenvalue weighted by atomic mass is 32.2. The van der Waals surface area contributed by atoms with Gasteiger partial charge in [-0.25, -0.2) is 0 Å². The van der Waals surface area contributed by atoms with E-state index in [9.17, 15) is 18.0 Å². The first-order chi connectivity index (χ1) is 14.7. The smallest absolute Gasteiger partial charge is 0.323 e. The van der Waals surface area contributed by atoms with Crippen LogP contribution in [0.25, 0.3) is 0 Å². The first-order valence-corrected chi connectivity index (χ1v) is 12.5. The summed E-state index contributed by atoms with van der Waals surface area (Å²) in [6.07, 6.45) is 7.30. The lowest BCUT2D eigenvalue weighted by atomic mass is 9.81. The molecule has 1 N–H and O–H groups in total. The van der Waals surface area contributed by atoms with Gasteiger partial charge in [0.2, 0.25) is 5.91 Å². The molecule has 1 fully saturated rings. The van der Waals surface area contributed by atoms with Crippen LogP contribution in [0.5, 0.6) is 0 Å². The van der Waals surface area contributed by atoms with Gasteiger partial charge in [0.25, 0.3) is 10.1 Å². The van der Waals surface area contributed by atoms with Gasteiger partial charge in [-0.2, -0.15) is 8.42 Å². The van der Waals surface area contributed by atoms with Crippen molar-refractivity contribution < 1.29 is 26.9 Å². The highest BCUT2D eigenvalue weighted by Crippen LogP contribution is 2.31. The minimum absolute atomic E-state index is 0.0156. The summed E-state index contributed by atoms with van der Waals surface area (Å²) < 4.78 is 35.7. The van der Waals surface area contributed by atoms with Crippen LogP contribution < -0.4 is 5.32 Å². The van der Waals surface area contributed by atoms with Gasteiger partial charge in [0.05, 0.1) is 18.6 Å². The lowest BCUT2D eigenvalue weighted by molar-refractivity contribution is -0.162. The van der Waals surface area contributed by atoms with Crippen LogP contribution in [0.4, 0.5) is 0 Å². The minimum Gasteiger partial charge on any atom is -0.468 e. The maximum Gasteiger partial charge on any atom is 0.323 e. The summed E-state index contributed by atoms with van der Waals surface area (Å²) in [5, 5.41) is 2.97. The van der Waals surface area contributed by atoms with Crippen LogP contribution >= 0.6 is 0 Å². The van der Waals surface area contributed by atoms with Gasteiger partial charge >= 0.3 is 5.97 Å². The number of aryl methyl sites for hydroxylation is 1. The average molecular weight is 454 g/mol. The summed E-state index contributed by atoms with van der Waals surface area (Å²) in [6.45, 7) is 3.28. The third-order valence-corrected chi connectivity index (χ3v) is 7.21. The molecule has 1 aliphatic rings. The highest BCUT2D eigenvalue weighted by molar-refractivity contribution is 7.86. The molecule has 8 heteroatoms. The first kappa shape index (κ1) is 25.3. The Morgan fingerprint density at radius 2 is 1.74 bits per heavy atom. The Kier molecular flexibility index (Phi) is 9.50. The van der Waals surface area contributed by atoms with E-state index in [4.69, 9.17) is 8.92 Å². The van der Waals surface area contributed by atoms with Crippen LogP contribution in [0.1, 0.15) is 70.3 Å². The number of carbonyl (C=O) groups excluding carboxylic acids is 2. The molecule has 0 aromatic heterocycles. The van der Waals surface area contributed by atoms with Crippen molar-refractivity contribution in [3.05, 3.63) is 29.8 Å². The maximum absolute atomic E-state index is 13.3. The van der Waals surface area contributed by atoms with E-state index < -0.39 is 34.0 Å². The van der Waals surface area contributed by atoms with E-state index in [1.165, 1.54) is 19.2 Å². The van der Waals surface area contributed by atoms with Gasteiger partial charge in [0, 0.05) is 6.04 Å². The number of rotatable bonds is 11. The first-order valence-electron chi connectivity index (χ1n) is 11.1. The van der Waals surface area contributed by atoms with Gasteiger partial charge < -0.3 is 10.1 Å². The molecule has 0 aliphatic heterocycles. The molecule has 1 amide bonds. The summed E-state index contributed by atoms with van der Waals surface area (Å²) in [6, 6.07) is 6.21. The minimum atomic E-state index is -4.14. The summed E-state index contributed by atoms with van der Waals surface area (Å²) in [5.74, 6) is -1.28. The van der Waals surface area contributed by atoms with Crippen molar-refractivity contribution in [2.24, 2.45) is 5.41 Å². The lowest BCUT2D eigenvalue weighted by Gasteiger charge is -2.32. The molecule has 1 saturated carbocycles. The van der Waals surface area contributed by atoms with E-state index >= 15 is 0 Å². The molecule has 1 atom stereocenters. The molecule has 174 valence electrons. The predicted octanol–water partition coefficient (Wildman–Crippen LogP) is 3.89. The molecule has 1 aliphatic carbocycles. The van der Waals surface area contributed by atoms with Gasteiger partial charge in [-0.3, -0.25) is 13.8 Å². The normalized spacial score (nSPS) is 17.0. The molecule has 2 rings (SSSR count). The summed E-state index contributed by atoms with van der Waals surface area (Å²) >= 11 is 0. The second-order valence-corrected chi connectivity index (χ2v) is 9.98. The Morgan fingerprint density at radius 1 is 1.10 bits per heavy atom. The van der Waals surface area contributed by atoms with Crippen molar-refractivity contribution in [2.75, 3.05) is 13.7 Å². The molecule has 0 spiro atoms. The van der Waals surface area contributed by atoms with E-state index in [0.717, 1.165) is 50.5 Å². The van der Waals surface area contributed by atoms with Crippen molar-refractivity contribution >= 4 is 22.0 Å². The second kappa shape index (κ2) is 11.6. The Labute approximate surface area is 186 Å². The van der Waals surface area contributed by atoms with E-state index in [-0.39, 0.29) is 17.4 Å². The molecule has 1 aromatic rings. The topological polar surface area (TPSA) is 98.8 Å². The Morgan fingerprint density at radius 3 is 2.32 bits per heavy atom. The SMILES string of the molecule is CCCCCC(COS(=O)(=O)c1ccc(C)cc1)(C(=O)NC1CCCCC1)C(=O)OC. The quantitative estimate of drug-likeness (QED) is 0.236. The van der Waals surface area contributed by atoms with Crippen LogP contribution in [0.15, 0.2) is 29.2 Å². The number of hydrogen-bond donors (Lipinski definition) is 1. The van der Waals surface area contributed by atoms with Gasteiger partial charge in [-0.1, -0.05) is 63.1 Å². The summed E-state index contributed by atoms with van der Waals surface area (Å²) in [4.78, 5) is 26.2. The number of ether oxygens (including phenoxy) is 1. The lowest BCUT2D eigenvalue weighted by Crippen LogP contribution is -2.53. The number of carbonyl (C=O) groups is 2. The van der Waals surface area contributed by atoms with Crippen LogP contribution in [0.2, 0.25) is 0 Å². The number of methoxy groups -OCH3 is 1. The molecular weight excluding hydrogens is 418 g/mol. The van der Waals surface area contributed by atoms with Crippen LogP contribution in [-0.2, 0) is 28.6 Å². The molecule has 0 bridgehead atoms. The fourth-order valence-electron chi connectivity index (χ4n) is 3.90. The van der Waals surface area contributed by atoms with E-state index in [2.05, 4.69) is 5.32 Å². The molecule has 0 saturated heterocycles. The fraction of sp³-hybridized carbons (Fsp3) is 0.652. The van der Waals surface area contributed by atoms with Gasteiger partial charge in [-0.15, -0.1) is 0 Å². The monoisotopic (exact) mass is 453 g/mol. The fourth-order valence-corrected chi connectivity index (χ4v) is 4.86. The Balaban J connectivity index is 2.28. The maximum atomic E-state index is 13.3. The largest absolute Gasteiger partial charge is 0.468 e. The third kappa shape index (κ3) is 6.77. The summed E-state index contributed by atoms with van der Waals surface area (Å²) in [7, 11) is -2.93. The number of hydrogen-bond acceptors (Lipinski definition) is 6. The van der Waals surface area contributed by atoms with E-state index in [0.29, 0.717) is 6.42 Å². The highest BCUT2D eigenvalue weighted by Gasteiger charge is 2.48. The van der Waals surface area contributed by atoms with Gasteiger partial charge in [-0.05, 0) is 38.3 Å². The molecule has 0 radical (unpaired) electrons. The van der Waals surface area contributed by atoms with Crippen LogP contribution in [0, 0.1) is 12.3 Å². The van der Waals surface area contributed by atoms with Crippen molar-refractivity contribution in [3.63, 3.8) is 0 Å². The number of esters is 1. The molecular formula is C23H35NO6S. The Bertz CT molecular complexity index is 830. The van der Waals surface area contributed by atoms with E-state index in [1.807, 2.05) is 13.8 Å². The predicted molar refractivity (Wildman–Crippen MR) is 118 cm³/mol. The molecule has 1 unspecified atom stereocenters. The molecule has 31 heavy (non-hydrogen) atoms. The van der Waals surface area contributed by atoms with Crippen molar-refractivity contribution in [1.82, 2.24) is 5.32 Å². The second-order valence-electron chi connectivity index (χ2n) is 8.37. The van der Waals surface area contributed by atoms with Gasteiger partial charge in [0.15, 0.2) is 5.41 Å². The zero-order valence-corrected chi connectivity index (χ0v) is 19.6. The number of unbranched alkanes of at least 4 members (excludes halogenated alkanes) is 2. The van der Waals surface area contributed by atoms with Gasteiger partial charge in [0.1, 0.15) is 0 Å². The summed E-state index contributed by atoms with van der Waals surface area (Å²) in [5.41, 5.74) is -0.798. The van der Waals surface area contributed by atoms with Crippen LogP contribution in [0.3, 0.4) is 0 Å². The number of amides is 1. The molecule has 7 nitrogen and oxygen atoms in total. The van der Waals surface area contributed by atoms with Crippen molar-refractivity contribution in [3.8, 4) is 0 Å². The third-order valence-electron chi connectivity index (χ3n) is 5.93. The van der Waals surface area contributed by atoms with E-state index in [1.54, 1.807) is 12.1 Å². The zero-order valence-electron chi connectivity index (χ0n) is 18.8. The molecule has 1 aromatic carbocycles. The van der Waals surface area contributed by atoms with Crippen molar-refractivity contribution in [2.45, 2.75) is 82.6 Å². The Hall–Kier alpha value is -1.93. The van der Waals surface area contributed by atoms with Crippen molar-refractivity contribution in [1.29, 1.82) is 0 Å². The van der Waals surface area contributed by atoms with Crippen LogP contribution in [-0.4, -0.2) is 40.1 Å². The average Bonchev–Trinajstić information content (AvgIpc) is 2.76. The standard InChI is InChI=1S/C23H35NO6S/c1-4-5-9-16-23(22(26)29-3,21(25)24-19-10-7-6-8-11-19)17-30-31(27,28)20-14-12-18(2)13-15-20/h12-15,19H,4-11,16-17H2,1-3H3,(H,24,25). The number of benzene rings is 1. The zero-order chi connectivity index (χ0) is 22.9. The number of nitrogens with one attached hydrogen (secondary N) is 1. The molecule has 0 heterocycles.